The summed E-state index contributed by atoms with van der Waals surface area (Å²) in [7, 11) is 0. The van der Waals surface area contributed by atoms with E-state index >= 15 is 0 Å². The molecule has 0 radical (unpaired) electrons. The van der Waals surface area contributed by atoms with E-state index in [1.807, 2.05) is 6.92 Å². The first-order valence-electron chi connectivity index (χ1n) is 6.52. The van der Waals surface area contributed by atoms with E-state index in [0.717, 1.165) is 0 Å². The SMILES string of the molecule is CC(=O)CC1CN(C(=O)c2ccccc2F)CC1C. The average molecular weight is 263 g/mol. The highest BCUT2D eigenvalue weighted by molar-refractivity contribution is 5.94. The van der Waals surface area contributed by atoms with Crippen molar-refractivity contribution in [1.29, 1.82) is 0 Å². The largest absolute Gasteiger partial charge is 0.338 e. The number of halogens is 1. The number of amides is 1. The van der Waals surface area contributed by atoms with Crippen molar-refractivity contribution in [3.05, 3.63) is 35.6 Å². The number of ketones is 1. The Morgan fingerprint density at radius 2 is 2.00 bits per heavy atom. The van der Waals surface area contributed by atoms with Crippen LogP contribution in [0, 0.1) is 17.7 Å². The topological polar surface area (TPSA) is 37.4 Å². The summed E-state index contributed by atoms with van der Waals surface area (Å²) >= 11 is 0. The van der Waals surface area contributed by atoms with Crippen molar-refractivity contribution in [2.24, 2.45) is 11.8 Å². The second kappa shape index (κ2) is 5.51. The van der Waals surface area contributed by atoms with Crippen LogP contribution < -0.4 is 0 Å². The quantitative estimate of drug-likeness (QED) is 0.840. The summed E-state index contributed by atoms with van der Waals surface area (Å²) in [4.78, 5) is 25.1. The predicted octanol–water partition coefficient (Wildman–Crippen LogP) is 2.51. The lowest BCUT2D eigenvalue weighted by atomic mass is 9.93. The van der Waals surface area contributed by atoms with Crippen LogP contribution in [0.2, 0.25) is 0 Å². The molecule has 1 amide bonds. The highest BCUT2D eigenvalue weighted by Gasteiger charge is 2.33. The molecule has 19 heavy (non-hydrogen) atoms. The van der Waals surface area contributed by atoms with Gasteiger partial charge in [-0.3, -0.25) is 4.79 Å². The van der Waals surface area contributed by atoms with E-state index in [-0.39, 0.29) is 29.1 Å². The van der Waals surface area contributed by atoms with Crippen LogP contribution in [-0.2, 0) is 4.79 Å². The summed E-state index contributed by atoms with van der Waals surface area (Å²) in [6.45, 7) is 4.72. The number of hydrogen-bond acceptors (Lipinski definition) is 2. The smallest absolute Gasteiger partial charge is 0.256 e. The summed E-state index contributed by atoms with van der Waals surface area (Å²) in [6.07, 6.45) is 0.488. The van der Waals surface area contributed by atoms with E-state index < -0.39 is 5.82 Å². The van der Waals surface area contributed by atoms with Gasteiger partial charge in [-0.1, -0.05) is 19.1 Å². The van der Waals surface area contributed by atoms with Gasteiger partial charge in [-0.2, -0.15) is 0 Å². The molecule has 0 saturated carbocycles. The molecule has 102 valence electrons. The molecule has 0 spiro atoms. The Hall–Kier alpha value is -1.71. The van der Waals surface area contributed by atoms with Gasteiger partial charge in [0.1, 0.15) is 11.6 Å². The normalized spacial score (nSPS) is 22.6. The van der Waals surface area contributed by atoms with Gasteiger partial charge in [0.25, 0.3) is 5.91 Å². The molecule has 1 heterocycles. The first kappa shape index (κ1) is 13.7. The molecular formula is C15H18FNO2. The first-order chi connectivity index (χ1) is 8.99. The van der Waals surface area contributed by atoms with Crippen LogP contribution in [0.25, 0.3) is 0 Å². The van der Waals surface area contributed by atoms with Gasteiger partial charge < -0.3 is 9.69 Å². The van der Waals surface area contributed by atoms with Crippen LogP contribution in [0.1, 0.15) is 30.6 Å². The molecule has 2 atom stereocenters. The maximum absolute atomic E-state index is 13.6. The summed E-state index contributed by atoms with van der Waals surface area (Å²) < 4.78 is 13.6. The molecule has 0 aliphatic carbocycles. The lowest BCUT2D eigenvalue weighted by Crippen LogP contribution is -2.29. The maximum Gasteiger partial charge on any atom is 0.256 e. The number of likely N-dealkylation sites (tertiary alicyclic amines) is 1. The molecule has 1 aromatic rings. The molecule has 0 N–H and O–H groups in total. The minimum atomic E-state index is -0.491. The third-order valence-corrected chi connectivity index (χ3v) is 3.71. The lowest BCUT2D eigenvalue weighted by Gasteiger charge is -2.16. The van der Waals surface area contributed by atoms with E-state index in [1.165, 1.54) is 12.1 Å². The van der Waals surface area contributed by atoms with Crippen molar-refractivity contribution < 1.29 is 14.0 Å². The molecule has 3 nitrogen and oxygen atoms in total. The van der Waals surface area contributed by atoms with Crippen molar-refractivity contribution in [2.75, 3.05) is 13.1 Å². The van der Waals surface area contributed by atoms with Gasteiger partial charge in [0.05, 0.1) is 5.56 Å². The molecular weight excluding hydrogens is 245 g/mol. The van der Waals surface area contributed by atoms with Crippen LogP contribution in [0.5, 0.6) is 0 Å². The molecule has 1 saturated heterocycles. The van der Waals surface area contributed by atoms with Crippen molar-refractivity contribution >= 4 is 11.7 Å². The highest BCUT2D eigenvalue weighted by atomic mass is 19.1. The molecule has 0 aromatic heterocycles. The van der Waals surface area contributed by atoms with Crippen LogP contribution in [0.3, 0.4) is 0 Å². The van der Waals surface area contributed by atoms with Gasteiger partial charge in [0.15, 0.2) is 0 Å². The maximum atomic E-state index is 13.6. The Balaban J connectivity index is 2.10. The molecule has 2 unspecified atom stereocenters. The van der Waals surface area contributed by atoms with Crippen LogP contribution in [-0.4, -0.2) is 29.7 Å². The lowest BCUT2D eigenvalue weighted by molar-refractivity contribution is -0.118. The molecule has 2 rings (SSSR count). The number of nitrogens with zero attached hydrogens (tertiary/aromatic N) is 1. The fourth-order valence-electron chi connectivity index (χ4n) is 2.64. The molecule has 1 aromatic carbocycles. The van der Waals surface area contributed by atoms with E-state index in [4.69, 9.17) is 0 Å². The first-order valence-corrected chi connectivity index (χ1v) is 6.52. The number of Topliss-reactive ketones (excluding diaryl/α,β-unsaturated/α-hetero) is 1. The van der Waals surface area contributed by atoms with Gasteiger partial charge in [-0.05, 0) is 30.9 Å². The Kier molecular flexibility index (Phi) is 3.98. The molecule has 1 aliphatic rings. The van der Waals surface area contributed by atoms with Gasteiger partial charge in [-0.25, -0.2) is 4.39 Å². The number of benzene rings is 1. The van der Waals surface area contributed by atoms with Gasteiger partial charge in [0.2, 0.25) is 0 Å². The van der Waals surface area contributed by atoms with Crippen molar-refractivity contribution in [3.63, 3.8) is 0 Å². The fourth-order valence-corrected chi connectivity index (χ4v) is 2.64. The number of carbonyl (C=O) groups excluding carboxylic acids is 2. The van der Waals surface area contributed by atoms with Crippen LogP contribution >= 0.6 is 0 Å². The number of carbonyl (C=O) groups is 2. The minimum absolute atomic E-state index is 0.109. The number of rotatable bonds is 3. The van der Waals surface area contributed by atoms with Crippen LogP contribution in [0.4, 0.5) is 4.39 Å². The Morgan fingerprint density at radius 3 is 2.63 bits per heavy atom. The van der Waals surface area contributed by atoms with Crippen molar-refractivity contribution in [1.82, 2.24) is 4.90 Å². The van der Waals surface area contributed by atoms with E-state index in [0.29, 0.717) is 19.5 Å². The fraction of sp³-hybridized carbons (Fsp3) is 0.467. The number of hydrogen-bond donors (Lipinski definition) is 0. The summed E-state index contributed by atoms with van der Waals surface area (Å²) in [6, 6.07) is 6.01. The zero-order valence-corrected chi connectivity index (χ0v) is 11.2. The van der Waals surface area contributed by atoms with E-state index in [2.05, 4.69) is 0 Å². The van der Waals surface area contributed by atoms with Gasteiger partial charge >= 0.3 is 0 Å². The third-order valence-electron chi connectivity index (χ3n) is 3.71. The van der Waals surface area contributed by atoms with Crippen LogP contribution in [0.15, 0.2) is 24.3 Å². The second-order valence-electron chi connectivity index (χ2n) is 5.33. The summed E-state index contributed by atoms with van der Waals surface area (Å²) in [5, 5.41) is 0. The second-order valence-corrected chi connectivity index (χ2v) is 5.33. The predicted molar refractivity (Wildman–Crippen MR) is 70.3 cm³/mol. The Labute approximate surface area is 112 Å². The molecule has 4 heteroatoms. The van der Waals surface area contributed by atoms with Gasteiger partial charge in [-0.15, -0.1) is 0 Å². The molecule has 1 fully saturated rings. The monoisotopic (exact) mass is 263 g/mol. The zero-order valence-electron chi connectivity index (χ0n) is 11.2. The average Bonchev–Trinajstić information content (AvgIpc) is 2.70. The van der Waals surface area contributed by atoms with E-state index in [9.17, 15) is 14.0 Å². The molecule has 1 aliphatic heterocycles. The Morgan fingerprint density at radius 1 is 1.32 bits per heavy atom. The zero-order chi connectivity index (χ0) is 14.0. The standard InChI is InChI=1S/C15H18FNO2/c1-10-8-17(9-12(10)7-11(2)18)15(19)13-5-3-4-6-14(13)16/h3-6,10,12H,7-9H2,1-2H3. The van der Waals surface area contributed by atoms with E-state index in [1.54, 1.807) is 24.0 Å². The summed E-state index contributed by atoms with van der Waals surface area (Å²) in [5.74, 6) is -0.170. The highest BCUT2D eigenvalue weighted by Crippen LogP contribution is 2.27. The Bertz CT molecular complexity index is 501. The minimum Gasteiger partial charge on any atom is -0.338 e. The third kappa shape index (κ3) is 3.00. The van der Waals surface area contributed by atoms with Gasteiger partial charge in [0, 0.05) is 19.5 Å². The van der Waals surface area contributed by atoms with Crippen molar-refractivity contribution in [3.8, 4) is 0 Å². The van der Waals surface area contributed by atoms with Crippen molar-refractivity contribution in [2.45, 2.75) is 20.3 Å². The summed E-state index contributed by atoms with van der Waals surface area (Å²) in [5.41, 5.74) is 0.109. The molecule has 0 bridgehead atoms.